The summed E-state index contributed by atoms with van der Waals surface area (Å²) >= 11 is 5.91. The summed E-state index contributed by atoms with van der Waals surface area (Å²) in [4.78, 5) is 0. The Morgan fingerprint density at radius 1 is 1.33 bits per heavy atom. The van der Waals surface area contributed by atoms with E-state index >= 15 is 0 Å². The molecule has 0 radical (unpaired) electrons. The van der Waals surface area contributed by atoms with Crippen LogP contribution in [0.3, 0.4) is 0 Å². The fourth-order valence-electron chi connectivity index (χ4n) is 1.97. The first-order valence-electron chi connectivity index (χ1n) is 7.01. The Hall–Kier alpha value is -1.66. The van der Waals surface area contributed by atoms with Crippen LogP contribution in [-0.2, 0) is 11.3 Å². The van der Waals surface area contributed by atoms with Crippen molar-refractivity contribution in [3.8, 4) is 11.4 Å². The SMILES string of the molecule is CC(C)OCCCCn1nnnc1-c1ccc(Cl)cc1N. The number of nitrogens with two attached hydrogens (primary N) is 1. The summed E-state index contributed by atoms with van der Waals surface area (Å²) in [7, 11) is 0. The number of nitrogen functional groups attached to an aromatic ring is 1. The predicted octanol–water partition coefficient (Wildman–Crippen LogP) is 2.78. The van der Waals surface area contributed by atoms with E-state index < -0.39 is 0 Å². The van der Waals surface area contributed by atoms with Crippen molar-refractivity contribution in [3.63, 3.8) is 0 Å². The van der Waals surface area contributed by atoms with E-state index in [-0.39, 0.29) is 6.10 Å². The van der Waals surface area contributed by atoms with E-state index in [9.17, 15) is 0 Å². The van der Waals surface area contributed by atoms with E-state index in [0.29, 0.717) is 16.5 Å². The molecule has 1 aromatic heterocycles. The van der Waals surface area contributed by atoms with E-state index in [1.165, 1.54) is 0 Å². The maximum absolute atomic E-state index is 5.98. The van der Waals surface area contributed by atoms with Gasteiger partial charge >= 0.3 is 0 Å². The number of halogens is 1. The third-order valence-electron chi connectivity index (χ3n) is 3.00. The lowest BCUT2D eigenvalue weighted by atomic mass is 10.1. The molecule has 1 aromatic carbocycles. The summed E-state index contributed by atoms with van der Waals surface area (Å²) in [6, 6.07) is 5.32. The fourth-order valence-corrected chi connectivity index (χ4v) is 2.15. The van der Waals surface area contributed by atoms with Gasteiger partial charge in [0.1, 0.15) is 0 Å². The average Bonchev–Trinajstić information content (AvgIpc) is 2.86. The molecule has 0 fully saturated rings. The number of aromatic nitrogens is 4. The first-order valence-corrected chi connectivity index (χ1v) is 7.39. The summed E-state index contributed by atoms with van der Waals surface area (Å²) in [5, 5.41) is 12.4. The van der Waals surface area contributed by atoms with Crippen molar-refractivity contribution in [1.29, 1.82) is 0 Å². The number of aryl methyl sites for hydroxylation is 1. The van der Waals surface area contributed by atoms with E-state index in [2.05, 4.69) is 15.5 Å². The third-order valence-corrected chi connectivity index (χ3v) is 3.24. The van der Waals surface area contributed by atoms with Crippen molar-refractivity contribution in [3.05, 3.63) is 23.2 Å². The molecule has 2 rings (SSSR count). The molecular weight excluding hydrogens is 290 g/mol. The maximum atomic E-state index is 5.98. The van der Waals surface area contributed by atoms with Crippen molar-refractivity contribution in [2.45, 2.75) is 39.3 Å². The number of unbranched alkanes of at least 4 members (excludes halogenated alkanes) is 1. The minimum absolute atomic E-state index is 0.266. The van der Waals surface area contributed by atoms with Gasteiger partial charge in [-0.05, 0) is 55.3 Å². The predicted molar refractivity (Wildman–Crippen MR) is 83.0 cm³/mol. The zero-order valence-corrected chi connectivity index (χ0v) is 13.0. The molecule has 0 unspecified atom stereocenters. The molecule has 0 aliphatic heterocycles. The van der Waals surface area contributed by atoms with Gasteiger partial charge in [0.2, 0.25) is 0 Å². The monoisotopic (exact) mass is 309 g/mol. The molecule has 0 aliphatic rings. The van der Waals surface area contributed by atoms with E-state index in [1.807, 2.05) is 19.9 Å². The van der Waals surface area contributed by atoms with Crippen molar-refractivity contribution in [2.24, 2.45) is 0 Å². The first-order chi connectivity index (χ1) is 10.1. The minimum Gasteiger partial charge on any atom is -0.398 e. The Balaban J connectivity index is 1.98. The number of ether oxygens (including phenoxy) is 1. The zero-order valence-electron chi connectivity index (χ0n) is 12.3. The lowest BCUT2D eigenvalue weighted by molar-refractivity contribution is 0.0753. The van der Waals surface area contributed by atoms with Gasteiger partial charge in [-0.1, -0.05) is 11.6 Å². The molecule has 0 atom stereocenters. The van der Waals surface area contributed by atoms with Crippen LogP contribution in [0.1, 0.15) is 26.7 Å². The van der Waals surface area contributed by atoms with Crippen LogP contribution >= 0.6 is 11.6 Å². The molecule has 1 heterocycles. The second kappa shape index (κ2) is 7.38. The van der Waals surface area contributed by atoms with Crippen LogP contribution in [-0.4, -0.2) is 32.9 Å². The van der Waals surface area contributed by atoms with E-state index in [4.69, 9.17) is 22.1 Å². The van der Waals surface area contributed by atoms with Gasteiger partial charge in [0, 0.05) is 29.4 Å². The van der Waals surface area contributed by atoms with Gasteiger partial charge < -0.3 is 10.5 Å². The lowest BCUT2D eigenvalue weighted by Gasteiger charge is -2.09. The Bertz CT molecular complexity index is 584. The van der Waals surface area contributed by atoms with Gasteiger partial charge in [0.15, 0.2) is 5.82 Å². The minimum atomic E-state index is 0.266. The van der Waals surface area contributed by atoms with Crippen molar-refractivity contribution >= 4 is 17.3 Å². The Morgan fingerprint density at radius 3 is 2.86 bits per heavy atom. The fraction of sp³-hybridized carbons (Fsp3) is 0.500. The number of benzene rings is 1. The highest BCUT2D eigenvalue weighted by Gasteiger charge is 2.12. The number of rotatable bonds is 7. The normalized spacial score (nSPS) is 11.2. The summed E-state index contributed by atoms with van der Waals surface area (Å²) in [6.07, 6.45) is 2.17. The van der Waals surface area contributed by atoms with Crippen molar-refractivity contribution < 1.29 is 4.74 Å². The smallest absolute Gasteiger partial charge is 0.184 e. The van der Waals surface area contributed by atoms with Gasteiger partial charge in [0.05, 0.1) is 6.10 Å². The van der Waals surface area contributed by atoms with Gasteiger partial charge in [0.25, 0.3) is 0 Å². The lowest BCUT2D eigenvalue weighted by Crippen LogP contribution is -2.07. The van der Waals surface area contributed by atoms with Crippen LogP contribution in [0, 0.1) is 0 Å². The molecule has 0 saturated carbocycles. The van der Waals surface area contributed by atoms with Crippen LogP contribution in [0.2, 0.25) is 5.02 Å². The molecule has 0 spiro atoms. The van der Waals surface area contributed by atoms with Gasteiger partial charge in [-0.15, -0.1) is 5.10 Å². The van der Waals surface area contributed by atoms with Crippen LogP contribution in [0.4, 0.5) is 5.69 Å². The molecule has 114 valence electrons. The Kier molecular flexibility index (Phi) is 5.52. The summed E-state index contributed by atoms with van der Waals surface area (Å²) in [5.41, 5.74) is 7.34. The summed E-state index contributed by atoms with van der Waals surface area (Å²) in [6.45, 7) is 5.54. The maximum Gasteiger partial charge on any atom is 0.184 e. The highest BCUT2D eigenvalue weighted by molar-refractivity contribution is 6.31. The Morgan fingerprint density at radius 2 is 2.14 bits per heavy atom. The molecule has 2 N–H and O–H groups in total. The largest absolute Gasteiger partial charge is 0.398 e. The molecule has 0 saturated heterocycles. The molecule has 7 heteroatoms. The third kappa shape index (κ3) is 4.41. The first kappa shape index (κ1) is 15.7. The topological polar surface area (TPSA) is 78.8 Å². The molecule has 0 bridgehead atoms. The molecule has 0 amide bonds. The zero-order chi connectivity index (χ0) is 15.2. The number of nitrogens with zero attached hydrogens (tertiary/aromatic N) is 4. The number of hydrogen-bond acceptors (Lipinski definition) is 5. The summed E-state index contributed by atoms with van der Waals surface area (Å²) < 4.78 is 7.27. The second-order valence-electron chi connectivity index (χ2n) is 5.08. The highest BCUT2D eigenvalue weighted by atomic mass is 35.5. The van der Waals surface area contributed by atoms with Gasteiger partial charge in [-0.2, -0.15) is 0 Å². The van der Waals surface area contributed by atoms with Crippen LogP contribution in [0.25, 0.3) is 11.4 Å². The average molecular weight is 310 g/mol. The molecule has 21 heavy (non-hydrogen) atoms. The van der Waals surface area contributed by atoms with E-state index in [0.717, 1.165) is 31.6 Å². The van der Waals surface area contributed by atoms with Gasteiger partial charge in [-0.3, -0.25) is 0 Å². The van der Waals surface area contributed by atoms with Gasteiger partial charge in [-0.25, -0.2) is 4.68 Å². The second-order valence-corrected chi connectivity index (χ2v) is 5.52. The molecule has 2 aromatic rings. The number of anilines is 1. The van der Waals surface area contributed by atoms with Crippen LogP contribution in [0.15, 0.2) is 18.2 Å². The van der Waals surface area contributed by atoms with Crippen LogP contribution < -0.4 is 5.73 Å². The van der Waals surface area contributed by atoms with Crippen molar-refractivity contribution in [2.75, 3.05) is 12.3 Å². The molecule has 6 nitrogen and oxygen atoms in total. The Labute approximate surface area is 129 Å². The van der Waals surface area contributed by atoms with Crippen LogP contribution in [0.5, 0.6) is 0 Å². The highest BCUT2D eigenvalue weighted by Crippen LogP contribution is 2.26. The number of hydrogen-bond donors (Lipinski definition) is 1. The standard InChI is InChI=1S/C14H20ClN5O/c1-10(2)21-8-4-3-7-20-14(17-18-19-20)12-6-5-11(15)9-13(12)16/h5-6,9-10H,3-4,7-8,16H2,1-2H3. The molecule has 0 aliphatic carbocycles. The number of tetrazole rings is 1. The molecular formula is C14H20ClN5O. The quantitative estimate of drug-likeness (QED) is 0.628. The summed E-state index contributed by atoms with van der Waals surface area (Å²) in [5.74, 6) is 0.661. The van der Waals surface area contributed by atoms with E-state index in [1.54, 1.807) is 16.8 Å². The van der Waals surface area contributed by atoms with Crippen molar-refractivity contribution in [1.82, 2.24) is 20.2 Å².